The summed E-state index contributed by atoms with van der Waals surface area (Å²) < 4.78 is 0. The summed E-state index contributed by atoms with van der Waals surface area (Å²) in [7, 11) is 0. The zero-order valence-electron chi connectivity index (χ0n) is 9.98. The number of aryl methyl sites for hydroxylation is 1. The summed E-state index contributed by atoms with van der Waals surface area (Å²) >= 11 is 0. The van der Waals surface area contributed by atoms with Gasteiger partial charge in [-0.3, -0.25) is 4.98 Å². The SMILES string of the molecule is Cc1cnc2cc(N3CCNCC3)ccc2n1. The molecule has 0 aliphatic carbocycles. The Bertz CT molecular complexity index is 532. The summed E-state index contributed by atoms with van der Waals surface area (Å²) in [4.78, 5) is 11.3. The monoisotopic (exact) mass is 228 g/mol. The number of nitrogens with one attached hydrogen (secondary N) is 1. The van der Waals surface area contributed by atoms with Crippen molar-refractivity contribution in [1.29, 1.82) is 0 Å². The van der Waals surface area contributed by atoms with E-state index >= 15 is 0 Å². The molecule has 0 unspecified atom stereocenters. The lowest BCUT2D eigenvalue weighted by Crippen LogP contribution is -2.43. The molecule has 1 aromatic heterocycles. The third-order valence-electron chi connectivity index (χ3n) is 3.13. The minimum absolute atomic E-state index is 0.965. The highest BCUT2D eigenvalue weighted by Gasteiger charge is 2.11. The third kappa shape index (κ3) is 2.08. The molecule has 0 atom stereocenters. The van der Waals surface area contributed by atoms with Crippen LogP contribution in [0.4, 0.5) is 5.69 Å². The molecule has 1 N–H and O–H groups in total. The van der Waals surface area contributed by atoms with Crippen LogP contribution in [0.3, 0.4) is 0 Å². The van der Waals surface area contributed by atoms with Crippen LogP contribution < -0.4 is 10.2 Å². The summed E-state index contributed by atoms with van der Waals surface area (Å²) in [6.45, 7) is 6.20. The molecule has 2 heterocycles. The van der Waals surface area contributed by atoms with E-state index < -0.39 is 0 Å². The molecule has 0 spiro atoms. The number of nitrogens with zero attached hydrogens (tertiary/aromatic N) is 3. The number of anilines is 1. The van der Waals surface area contributed by atoms with Gasteiger partial charge >= 0.3 is 0 Å². The highest BCUT2D eigenvalue weighted by atomic mass is 15.2. The minimum Gasteiger partial charge on any atom is -0.369 e. The Balaban J connectivity index is 1.98. The zero-order valence-corrected chi connectivity index (χ0v) is 9.98. The Morgan fingerprint density at radius 1 is 1.18 bits per heavy atom. The van der Waals surface area contributed by atoms with Crippen molar-refractivity contribution in [3.63, 3.8) is 0 Å². The van der Waals surface area contributed by atoms with Crippen LogP contribution in [0.15, 0.2) is 24.4 Å². The number of benzene rings is 1. The van der Waals surface area contributed by atoms with Gasteiger partial charge in [-0.2, -0.15) is 0 Å². The van der Waals surface area contributed by atoms with E-state index in [-0.39, 0.29) is 0 Å². The first-order valence-electron chi connectivity index (χ1n) is 6.02. The molecule has 4 heteroatoms. The van der Waals surface area contributed by atoms with Crippen molar-refractivity contribution in [2.45, 2.75) is 6.92 Å². The van der Waals surface area contributed by atoms with E-state index in [0.29, 0.717) is 0 Å². The lowest BCUT2D eigenvalue weighted by Gasteiger charge is -2.29. The Morgan fingerprint density at radius 2 is 2.00 bits per heavy atom. The predicted octanol–water partition coefficient (Wildman–Crippen LogP) is 1.35. The van der Waals surface area contributed by atoms with Gasteiger partial charge < -0.3 is 10.2 Å². The molecule has 1 aliphatic rings. The minimum atomic E-state index is 0.965. The molecule has 1 fully saturated rings. The number of hydrogen-bond donors (Lipinski definition) is 1. The van der Waals surface area contributed by atoms with Gasteiger partial charge in [0, 0.05) is 38.1 Å². The van der Waals surface area contributed by atoms with Crippen molar-refractivity contribution in [2.75, 3.05) is 31.1 Å². The molecule has 17 heavy (non-hydrogen) atoms. The number of piperazine rings is 1. The van der Waals surface area contributed by atoms with Gasteiger partial charge in [0.1, 0.15) is 0 Å². The van der Waals surface area contributed by atoms with Crippen LogP contribution in [-0.4, -0.2) is 36.1 Å². The standard InChI is InChI=1S/C13H16N4/c1-10-9-15-13-8-11(2-3-12(13)16-10)17-6-4-14-5-7-17/h2-3,8-9,14H,4-7H2,1H3. The van der Waals surface area contributed by atoms with Gasteiger partial charge in [0.05, 0.1) is 16.7 Å². The number of aromatic nitrogens is 2. The van der Waals surface area contributed by atoms with Crippen LogP contribution in [0.25, 0.3) is 11.0 Å². The van der Waals surface area contributed by atoms with E-state index in [2.05, 4.69) is 38.4 Å². The van der Waals surface area contributed by atoms with E-state index in [4.69, 9.17) is 0 Å². The van der Waals surface area contributed by atoms with Crippen molar-refractivity contribution >= 4 is 16.7 Å². The van der Waals surface area contributed by atoms with Crippen LogP contribution in [0.1, 0.15) is 5.69 Å². The molecule has 1 aromatic carbocycles. The molecule has 1 saturated heterocycles. The Morgan fingerprint density at radius 3 is 2.82 bits per heavy atom. The molecule has 3 rings (SSSR count). The quantitative estimate of drug-likeness (QED) is 0.800. The first kappa shape index (κ1) is 10.5. The second-order valence-electron chi connectivity index (χ2n) is 4.42. The molecule has 0 radical (unpaired) electrons. The first-order valence-corrected chi connectivity index (χ1v) is 6.02. The fraction of sp³-hybridized carbons (Fsp3) is 0.385. The lowest BCUT2D eigenvalue weighted by molar-refractivity contribution is 0.589. The van der Waals surface area contributed by atoms with Crippen molar-refractivity contribution in [3.8, 4) is 0 Å². The van der Waals surface area contributed by atoms with Crippen molar-refractivity contribution in [2.24, 2.45) is 0 Å². The summed E-state index contributed by atoms with van der Waals surface area (Å²) in [6.07, 6.45) is 1.82. The van der Waals surface area contributed by atoms with Crippen LogP contribution in [0, 0.1) is 6.92 Å². The van der Waals surface area contributed by atoms with Crippen LogP contribution >= 0.6 is 0 Å². The van der Waals surface area contributed by atoms with Gasteiger partial charge in [-0.25, -0.2) is 4.98 Å². The average molecular weight is 228 g/mol. The largest absolute Gasteiger partial charge is 0.369 e. The van der Waals surface area contributed by atoms with Gasteiger partial charge in [0.2, 0.25) is 0 Å². The van der Waals surface area contributed by atoms with Crippen molar-refractivity contribution < 1.29 is 0 Å². The topological polar surface area (TPSA) is 41.1 Å². The van der Waals surface area contributed by atoms with E-state index in [1.165, 1.54) is 5.69 Å². The Hall–Kier alpha value is -1.68. The van der Waals surface area contributed by atoms with Crippen molar-refractivity contribution in [3.05, 3.63) is 30.1 Å². The molecular formula is C13H16N4. The predicted molar refractivity (Wildman–Crippen MR) is 69.4 cm³/mol. The average Bonchev–Trinajstić information content (AvgIpc) is 2.39. The van der Waals surface area contributed by atoms with E-state index in [1.54, 1.807) is 0 Å². The fourth-order valence-corrected chi connectivity index (χ4v) is 2.21. The molecule has 0 saturated carbocycles. The first-order chi connectivity index (χ1) is 8.33. The molecule has 88 valence electrons. The normalized spacial score (nSPS) is 16.4. The third-order valence-corrected chi connectivity index (χ3v) is 3.13. The van der Waals surface area contributed by atoms with E-state index in [9.17, 15) is 0 Å². The Kier molecular flexibility index (Phi) is 2.65. The molecule has 0 amide bonds. The fourth-order valence-electron chi connectivity index (χ4n) is 2.21. The highest BCUT2D eigenvalue weighted by molar-refractivity contribution is 5.78. The van der Waals surface area contributed by atoms with Gasteiger partial charge in [-0.05, 0) is 25.1 Å². The molecular weight excluding hydrogens is 212 g/mol. The maximum Gasteiger partial charge on any atom is 0.0907 e. The Labute approximate surface area is 101 Å². The maximum absolute atomic E-state index is 4.47. The van der Waals surface area contributed by atoms with Gasteiger partial charge in [-0.15, -0.1) is 0 Å². The molecule has 2 aromatic rings. The second-order valence-corrected chi connectivity index (χ2v) is 4.42. The molecule has 4 nitrogen and oxygen atoms in total. The van der Waals surface area contributed by atoms with Crippen molar-refractivity contribution in [1.82, 2.24) is 15.3 Å². The molecule has 0 bridgehead atoms. The van der Waals surface area contributed by atoms with Crippen LogP contribution in [-0.2, 0) is 0 Å². The maximum atomic E-state index is 4.47. The summed E-state index contributed by atoms with van der Waals surface area (Å²) in [5, 5.41) is 3.36. The van der Waals surface area contributed by atoms with Crippen LogP contribution in [0.5, 0.6) is 0 Å². The molecule has 1 aliphatic heterocycles. The number of rotatable bonds is 1. The summed E-state index contributed by atoms with van der Waals surface area (Å²) in [5.74, 6) is 0. The van der Waals surface area contributed by atoms with Crippen LogP contribution in [0.2, 0.25) is 0 Å². The summed E-state index contributed by atoms with van der Waals surface area (Å²) in [5.41, 5.74) is 4.17. The second kappa shape index (κ2) is 4.30. The summed E-state index contributed by atoms with van der Waals surface area (Å²) in [6, 6.07) is 6.33. The van der Waals surface area contributed by atoms with Gasteiger partial charge in [0.15, 0.2) is 0 Å². The van der Waals surface area contributed by atoms with Gasteiger partial charge in [-0.1, -0.05) is 0 Å². The zero-order chi connectivity index (χ0) is 11.7. The van der Waals surface area contributed by atoms with E-state index in [0.717, 1.165) is 42.9 Å². The highest BCUT2D eigenvalue weighted by Crippen LogP contribution is 2.20. The van der Waals surface area contributed by atoms with Gasteiger partial charge in [0.25, 0.3) is 0 Å². The number of fused-ring (bicyclic) bond motifs is 1. The lowest BCUT2D eigenvalue weighted by atomic mass is 10.2. The number of hydrogen-bond acceptors (Lipinski definition) is 4. The smallest absolute Gasteiger partial charge is 0.0907 e. The van der Waals surface area contributed by atoms with E-state index in [1.807, 2.05) is 13.1 Å².